The van der Waals surface area contributed by atoms with E-state index in [9.17, 15) is 4.79 Å². The van der Waals surface area contributed by atoms with Crippen LogP contribution in [0.2, 0.25) is 0 Å². The summed E-state index contributed by atoms with van der Waals surface area (Å²) in [5.41, 5.74) is 1.50. The minimum absolute atomic E-state index is 0.276. The monoisotopic (exact) mass is 293 g/mol. The van der Waals surface area contributed by atoms with Crippen LogP contribution >= 0.6 is 0 Å². The predicted molar refractivity (Wildman–Crippen MR) is 82.4 cm³/mol. The lowest BCUT2D eigenvalue weighted by atomic mass is 10.1. The zero-order valence-corrected chi connectivity index (χ0v) is 11.9. The van der Waals surface area contributed by atoms with Crippen LogP contribution in [0.25, 0.3) is 0 Å². The molecule has 2 aromatic heterocycles. The van der Waals surface area contributed by atoms with Crippen molar-refractivity contribution in [3.63, 3.8) is 0 Å². The first kappa shape index (κ1) is 13.9. The number of aryl methyl sites for hydroxylation is 2. The van der Waals surface area contributed by atoms with Gasteiger partial charge in [-0.05, 0) is 12.0 Å². The number of carbonyl (C=O) groups is 1. The molecular formula is C16H15N5O. The molecule has 0 spiro atoms. The molecule has 1 amide bonds. The van der Waals surface area contributed by atoms with Crippen molar-refractivity contribution in [2.75, 3.05) is 5.32 Å². The maximum Gasteiger partial charge on any atom is 0.277 e. The molecule has 0 fully saturated rings. The smallest absolute Gasteiger partial charge is 0.277 e. The van der Waals surface area contributed by atoms with Crippen LogP contribution in [0, 0.1) is 0 Å². The Labute approximate surface area is 127 Å². The SMILES string of the molecule is O=C(Nc1ccnn1CCc1ccccc1)c1cnccn1. The summed E-state index contributed by atoms with van der Waals surface area (Å²) in [7, 11) is 0. The Morgan fingerprint density at radius 2 is 1.95 bits per heavy atom. The molecule has 22 heavy (non-hydrogen) atoms. The number of hydrogen-bond acceptors (Lipinski definition) is 4. The maximum absolute atomic E-state index is 12.1. The summed E-state index contributed by atoms with van der Waals surface area (Å²) < 4.78 is 1.77. The van der Waals surface area contributed by atoms with Crippen molar-refractivity contribution in [2.45, 2.75) is 13.0 Å². The molecule has 0 aliphatic rings. The molecule has 6 nitrogen and oxygen atoms in total. The lowest BCUT2D eigenvalue weighted by molar-refractivity contribution is 0.102. The minimum atomic E-state index is -0.297. The molecule has 110 valence electrons. The van der Waals surface area contributed by atoms with Crippen molar-refractivity contribution in [1.29, 1.82) is 0 Å². The Morgan fingerprint density at radius 3 is 2.73 bits per heavy atom. The molecule has 0 saturated heterocycles. The molecule has 0 aliphatic carbocycles. The Hall–Kier alpha value is -3.02. The minimum Gasteiger partial charge on any atom is -0.305 e. The number of nitrogens with zero attached hydrogens (tertiary/aromatic N) is 4. The van der Waals surface area contributed by atoms with Crippen LogP contribution < -0.4 is 5.32 Å². The number of carbonyl (C=O) groups excluding carboxylic acids is 1. The highest BCUT2D eigenvalue weighted by Gasteiger charge is 2.10. The fraction of sp³-hybridized carbons (Fsp3) is 0.125. The van der Waals surface area contributed by atoms with E-state index in [0.717, 1.165) is 6.42 Å². The van der Waals surface area contributed by atoms with Gasteiger partial charge in [0.2, 0.25) is 0 Å². The van der Waals surface area contributed by atoms with Crippen molar-refractivity contribution < 1.29 is 4.79 Å². The van der Waals surface area contributed by atoms with Crippen LogP contribution in [0.4, 0.5) is 5.82 Å². The van der Waals surface area contributed by atoms with Crippen LogP contribution in [0.5, 0.6) is 0 Å². The molecular weight excluding hydrogens is 278 g/mol. The van der Waals surface area contributed by atoms with Crippen molar-refractivity contribution in [3.8, 4) is 0 Å². The summed E-state index contributed by atoms with van der Waals surface area (Å²) in [6, 6.07) is 11.9. The first-order valence-electron chi connectivity index (χ1n) is 6.96. The summed E-state index contributed by atoms with van der Waals surface area (Å²) in [6.45, 7) is 0.688. The summed E-state index contributed by atoms with van der Waals surface area (Å²) in [4.78, 5) is 19.9. The van der Waals surface area contributed by atoms with Crippen LogP contribution in [0.15, 0.2) is 61.2 Å². The predicted octanol–water partition coefficient (Wildman–Crippen LogP) is 2.17. The summed E-state index contributed by atoms with van der Waals surface area (Å²) >= 11 is 0. The van der Waals surface area contributed by atoms with Gasteiger partial charge in [-0.1, -0.05) is 30.3 Å². The first-order chi connectivity index (χ1) is 10.8. The van der Waals surface area contributed by atoms with E-state index in [2.05, 4.69) is 32.5 Å². The lowest BCUT2D eigenvalue weighted by Crippen LogP contribution is -2.17. The summed E-state index contributed by atoms with van der Waals surface area (Å²) in [5.74, 6) is 0.348. The highest BCUT2D eigenvalue weighted by atomic mass is 16.2. The van der Waals surface area contributed by atoms with Crippen molar-refractivity contribution in [3.05, 3.63) is 72.4 Å². The van der Waals surface area contributed by atoms with Gasteiger partial charge in [0.25, 0.3) is 5.91 Å². The second-order valence-electron chi connectivity index (χ2n) is 4.72. The van der Waals surface area contributed by atoms with Crippen LogP contribution in [0.3, 0.4) is 0 Å². The lowest BCUT2D eigenvalue weighted by Gasteiger charge is -2.08. The summed E-state index contributed by atoms with van der Waals surface area (Å²) in [6.07, 6.45) is 6.95. The van der Waals surface area contributed by atoms with E-state index in [1.807, 2.05) is 18.2 Å². The quantitative estimate of drug-likeness (QED) is 0.782. The third-order valence-electron chi connectivity index (χ3n) is 3.21. The number of hydrogen-bond donors (Lipinski definition) is 1. The van der Waals surface area contributed by atoms with Crippen molar-refractivity contribution in [2.24, 2.45) is 0 Å². The molecule has 3 rings (SSSR count). The third kappa shape index (κ3) is 3.35. The number of amides is 1. The molecule has 0 saturated carbocycles. The van der Waals surface area contributed by atoms with E-state index in [4.69, 9.17) is 0 Å². The van der Waals surface area contributed by atoms with Crippen molar-refractivity contribution in [1.82, 2.24) is 19.7 Å². The normalized spacial score (nSPS) is 10.4. The number of nitrogens with one attached hydrogen (secondary N) is 1. The zero-order chi connectivity index (χ0) is 15.2. The molecule has 2 heterocycles. The van der Waals surface area contributed by atoms with Gasteiger partial charge < -0.3 is 5.32 Å². The second kappa shape index (κ2) is 6.62. The van der Waals surface area contributed by atoms with E-state index >= 15 is 0 Å². The van der Waals surface area contributed by atoms with Gasteiger partial charge in [0.15, 0.2) is 0 Å². The molecule has 3 aromatic rings. The van der Waals surface area contributed by atoms with E-state index in [1.54, 1.807) is 16.9 Å². The molecule has 0 bridgehead atoms. The second-order valence-corrected chi connectivity index (χ2v) is 4.72. The van der Waals surface area contributed by atoms with Gasteiger partial charge in [0, 0.05) is 25.0 Å². The Bertz CT molecular complexity index is 739. The molecule has 0 aliphatic heterocycles. The first-order valence-corrected chi connectivity index (χ1v) is 6.96. The van der Waals surface area contributed by atoms with Gasteiger partial charge in [-0.15, -0.1) is 0 Å². The average molecular weight is 293 g/mol. The summed E-state index contributed by atoms with van der Waals surface area (Å²) in [5, 5.41) is 7.05. The van der Waals surface area contributed by atoms with E-state index < -0.39 is 0 Å². The molecule has 0 radical (unpaired) electrons. The van der Waals surface area contributed by atoms with E-state index in [1.165, 1.54) is 24.2 Å². The molecule has 0 atom stereocenters. The van der Waals surface area contributed by atoms with Gasteiger partial charge in [0.05, 0.1) is 12.4 Å². The standard InChI is InChI=1S/C16H15N5O/c22-16(14-12-17-9-10-18-14)20-15-6-8-19-21(15)11-7-13-4-2-1-3-5-13/h1-6,8-10,12H,7,11H2,(H,20,22). The topological polar surface area (TPSA) is 72.7 Å². The van der Waals surface area contributed by atoms with Crippen LogP contribution in [-0.4, -0.2) is 25.7 Å². The molecule has 1 N–H and O–H groups in total. The average Bonchev–Trinajstić information content (AvgIpc) is 3.02. The number of anilines is 1. The number of aromatic nitrogens is 4. The molecule has 1 aromatic carbocycles. The van der Waals surface area contributed by atoms with Gasteiger partial charge in [-0.2, -0.15) is 5.10 Å². The van der Waals surface area contributed by atoms with Gasteiger partial charge in [-0.3, -0.25) is 9.78 Å². The highest BCUT2D eigenvalue weighted by molar-refractivity contribution is 6.02. The van der Waals surface area contributed by atoms with Gasteiger partial charge >= 0.3 is 0 Å². The van der Waals surface area contributed by atoms with Gasteiger partial charge in [-0.25, -0.2) is 9.67 Å². The Balaban J connectivity index is 1.66. The number of rotatable bonds is 5. The maximum atomic E-state index is 12.1. The van der Waals surface area contributed by atoms with E-state index in [-0.39, 0.29) is 11.6 Å². The van der Waals surface area contributed by atoms with E-state index in [0.29, 0.717) is 12.4 Å². The van der Waals surface area contributed by atoms with Gasteiger partial charge in [0.1, 0.15) is 11.5 Å². The number of benzene rings is 1. The molecule has 0 unspecified atom stereocenters. The largest absolute Gasteiger partial charge is 0.305 e. The zero-order valence-electron chi connectivity index (χ0n) is 11.9. The van der Waals surface area contributed by atoms with Crippen LogP contribution in [0.1, 0.15) is 16.1 Å². The molecule has 6 heteroatoms. The Kier molecular flexibility index (Phi) is 4.20. The third-order valence-corrected chi connectivity index (χ3v) is 3.21. The highest BCUT2D eigenvalue weighted by Crippen LogP contribution is 2.10. The fourth-order valence-electron chi connectivity index (χ4n) is 2.09. The van der Waals surface area contributed by atoms with Crippen LogP contribution in [-0.2, 0) is 13.0 Å². The van der Waals surface area contributed by atoms with Crippen molar-refractivity contribution >= 4 is 11.7 Å². The Morgan fingerprint density at radius 1 is 1.09 bits per heavy atom. The fourth-order valence-corrected chi connectivity index (χ4v) is 2.09.